The van der Waals surface area contributed by atoms with Crippen LogP contribution in [-0.4, -0.2) is 36.4 Å². The van der Waals surface area contributed by atoms with Crippen LogP contribution in [-0.2, 0) is 29.2 Å². The molecule has 23 heavy (non-hydrogen) atoms. The summed E-state index contributed by atoms with van der Waals surface area (Å²) in [7, 11) is 0. The Balaban J connectivity index is 4.18. The molecule has 0 aromatic heterocycles. The van der Waals surface area contributed by atoms with E-state index in [2.05, 4.69) is 13.8 Å². The lowest BCUT2D eigenvalue weighted by Crippen LogP contribution is -2.39. The first kappa shape index (κ1) is 23.0. The Kier molecular flexibility index (Phi) is 15.5. The van der Waals surface area contributed by atoms with Crippen LogP contribution in [0.15, 0.2) is 0 Å². The van der Waals surface area contributed by atoms with E-state index in [-0.39, 0.29) is 6.61 Å². The quantitative estimate of drug-likeness (QED) is 0.284. The summed E-state index contributed by atoms with van der Waals surface area (Å²) in [6, 6.07) is 0. The van der Waals surface area contributed by atoms with Crippen LogP contribution in [0.5, 0.6) is 0 Å². The molecule has 6 heteroatoms. The van der Waals surface area contributed by atoms with E-state index in [1.807, 2.05) is 6.92 Å². The molecule has 0 heterocycles. The molecule has 0 aliphatic rings. The average molecular weight is 353 g/mol. The third kappa shape index (κ3) is 14.1. The zero-order valence-electron chi connectivity index (χ0n) is 15.4. The molecule has 0 aromatic rings. The van der Waals surface area contributed by atoms with Crippen LogP contribution < -0.4 is 0 Å². The summed E-state index contributed by atoms with van der Waals surface area (Å²) >= 11 is -1.75. The van der Waals surface area contributed by atoms with Gasteiger partial charge in [0.1, 0.15) is 6.61 Å². The molecule has 0 aliphatic carbocycles. The highest BCUT2D eigenvalue weighted by Crippen LogP contribution is 2.17. The van der Waals surface area contributed by atoms with Gasteiger partial charge in [0.2, 0.25) is 0 Å². The maximum atomic E-state index is 11.5. The van der Waals surface area contributed by atoms with Gasteiger partial charge in [0.15, 0.2) is 5.79 Å². The van der Waals surface area contributed by atoms with Crippen molar-refractivity contribution in [1.82, 2.24) is 0 Å². The summed E-state index contributed by atoms with van der Waals surface area (Å²) in [5, 5.41) is 0. The first-order valence-electron chi connectivity index (χ1n) is 9.04. The van der Waals surface area contributed by atoms with Crippen LogP contribution in [0.3, 0.4) is 0 Å². The first-order valence-corrected chi connectivity index (χ1v) is 10.0. The monoisotopic (exact) mass is 352 g/mol. The highest BCUT2D eigenvalue weighted by Gasteiger charge is 2.27. The van der Waals surface area contributed by atoms with Crippen molar-refractivity contribution >= 4 is 11.4 Å². The van der Waals surface area contributed by atoms with Gasteiger partial charge in [-0.2, -0.15) is 4.21 Å². The second-order valence-electron chi connectivity index (χ2n) is 5.82. The average Bonchev–Trinajstić information content (AvgIpc) is 2.53. The zero-order valence-corrected chi connectivity index (χ0v) is 16.3. The van der Waals surface area contributed by atoms with Gasteiger partial charge in [0, 0.05) is 0 Å². The van der Waals surface area contributed by atoms with Gasteiger partial charge in [-0.15, -0.1) is 0 Å². The molecule has 0 aliphatic heterocycles. The second kappa shape index (κ2) is 15.5. The van der Waals surface area contributed by atoms with Crippen molar-refractivity contribution in [3.8, 4) is 0 Å². The topological polar surface area (TPSA) is 54.0 Å². The Morgan fingerprint density at radius 1 is 0.783 bits per heavy atom. The fraction of sp³-hybridized carbons (Fsp3) is 1.00. The van der Waals surface area contributed by atoms with Gasteiger partial charge < -0.3 is 9.47 Å². The van der Waals surface area contributed by atoms with Crippen molar-refractivity contribution in [3.05, 3.63) is 0 Å². The van der Waals surface area contributed by atoms with Crippen LogP contribution in [0.4, 0.5) is 0 Å². The lowest BCUT2D eigenvalue weighted by Gasteiger charge is -2.29. The van der Waals surface area contributed by atoms with Gasteiger partial charge in [-0.25, -0.2) is 0 Å². The van der Waals surface area contributed by atoms with Crippen molar-refractivity contribution in [2.24, 2.45) is 0 Å². The van der Waals surface area contributed by atoms with Gasteiger partial charge in [-0.3, -0.25) is 8.37 Å². The summed E-state index contributed by atoms with van der Waals surface area (Å²) in [4.78, 5) is 0. The van der Waals surface area contributed by atoms with Crippen molar-refractivity contribution in [1.29, 1.82) is 0 Å². The Labute approximate surface area is 145 Å². The minimum absolute atomic E-state index is 0.0984. The Morgan fingerprint density at radius 2 is 1.30 bits per heavy atom. The normalized spacial score (nSPS) is 13.4. The van der Waals surface area contributed by atoms with E-state index in [0.29, 0.717) is 19.8 Å². The standard InChI is InChI=1S/C17H36O5S/c1-5-8-10-12-14-19-17(4,16-22-23(18)21-7-3)20-15-13-11-9-6-2/h5-16H2,1-4H3. The molecule has 0 rings (SSSR count). The molecule has 0 saturated heterocycles. The third-order valence-corrected chi connectivity index (χ3v) is 4.18. The largest absolute Gasteiger partial charge is 0.348 e. The molecule has 5 nitrogen and oxygen atoms in total. The molecule has 0 saturated carbocycles. The Hall–Kier alpha value is -0.0100. The molecule has 0 amide bonds. The summed E-state index contributed by atoms with van der Waals surface area (Å²) < 4.78 is 33.3. The van der Waals surface area contributed by atoms with Crippen LogP contribution >= 0.6 is 0 Å². The van der Waals surface area contributed by atoms with Crippen molar-refractivity contribution < 1.29 is 22.0 Å². The number of unbranched alkanes of at least 4 members (excludes halogenated alkanes) is 6. The maximum absolute atomic E-state index is 11.5. The fourth-order valence-corrected chi connectivity index (χ4v) is 2.61. The van der Waals surface area contributed by atoms with E-state index in [9.17, 15) is 4.21 Å². The van der Waals surface area contributed by atoms with Crippen LogP contribution in [0, 0.1) is 0 Å². The molecular weight excluding hydrogens is 316 g/mol. The summed E-state index contributed by atoms with van der Waals surface area (Å²) in [6.45, 7) is 9.67. The maximum Gasteiger partial charge on any atom is 0.304 e. The highest BCUT2D eigenvalue weighted by molar-refractivity contribution is 7.75. The predicted octanol–water partition coefficient (Wildman–Crippen LogP) is 4.53. The van der Waals surface area contributed by atoms with Gasteiger partial charge in [0.05, 0.1) is 19.8 Å². The predicted molar refractivity (Wildman–Crippen MR) is 94.3 cm³/mol. The van der Waals surface area contributed by atoms with Gasteiger partial charge in [-0.05, 0) is 26.7 Å². The van der Waals surface area contributed by atoms with Crippen molar-refractivity contribution in [3.63, 3.8) is 0 Å². The van der Waals surface area contributed by atoms with E-state index in [1.165, 1.54) is 25.7 Å². The molecule has 0 N–H and O–H groups in total. The van der Waals surface area contributed by atoms with E-state index < -0.39 is 17.1 Å². The van der Waals surface area contributed by atoms with E-state index in [4.69, 9.17) is 17.8 Å². The van der Waals surface area contributed by atoms with Gasteiger partial charge >= 0.3 is 11.4 Å². The highest BCUT2D eigenvalue weighted by atomic mass is 32.2. The van der Waals surface area contributed by atoms with Gasteiger partial charge in [0.25, 0.3) is 0 Å². The van der Waals surface area contributed by atoms with Gasteiger partial charge in [-0.1, -0.05) is 52.4 Å². The Bertz CT molecular complexity index is 272. The number of hydrogen-bond donors (Lipinski definition) is 0. The summed E-state index contributed by atoms with van der Waals surface area (Å²) in [6.07, 6.45) is 9.10. The third-order valence-electron chi connectivity index (χ3n) is 3.44. The fourth-order valence-electron chi connectivity index (χ4n) is 2.04. The molecule has 0 bridgehead atoms. The van der Waals surface area contributed by atoms with Crippen LogP contribution in [0.1, 0.15) is 79.1 Å². The van der Waals surface area contributed by atoms with Crippen LogP contribution in [0.2, 0.25) is 0 Å². The van der Waals surface area contributed by atoms with Crippen molar-refractivity contribution in [2.75, 3.05) is 26.4 Å². The SMILES string of the molecule is CCCCCCOC(C)(COS(=O)OCC)OCCCCCC. The smallest absolute Gasteiger partial charge is 0.304 e. The lowest BCUT2D eigenvalue weighted by atomic mass is 10.2. The van der Waals surface area contributed by atoms with E-state index in [1.54, 1.807) is 6.92 Å². The molecule has 0 radical (unpaired) electrons. The molecular formula is C17H36O5S. The number of hydrogen-bond acceptors (Lipinski definition) is 5. The molecule has 0 spiro atoms. The molecule has 1 atom stereocenters. The molecule has 1 unspecified atom stereocenters. The minimum atomic E-state index is -1.75. The van der Waals surface area contributed by atoms with E-state index >= 15 is 0 Å². The summed E-state index contributed by atoms with van der Waals surface area (Å²) in [5.41, 5.74) is 0. The number of ether oxygens (including phenoxy) is 2. The second-order valence-corrected chi connectivity index (χ2v) is 6.70. The number of rotatable bonds is 17. The summed E-state index contributed by atoms with van der Waals surface area (Å²) in [5.74, 6) is -0.870. The molecule has 0 aromatic carbocycles. The molecule has 140 valence electrons. The van der Waals surface area contributed by atoms with Crippen molar-refractivity contribution in [2.45, 2.75) is 84.8 Å². The van der Waals surface area contributed by atoms with Crippen LogP contribution in [0.25, 0.3) is 0 Å². The minimum Gasteiger partial charge on any atom is -0.348 e. The lowest BCUT2D eigenvalue weighted by molar-refractivity contribution is -0.240. The zero-order chi connectivity index (χ0) is 17.4. The molecule has 0 fully saturated rings. The van der Waals surface area contributed by atoms with E-state index in [0.717, 1.165) is 25.7 Å². The first-order chi connectivity index (χ1) is 11.1. The Morgan fingerprint density at radius 3 is 1.74 bits per heavy atom.